The molecule has 172 valence electrons. The number of amides is 3. The number of benzene rings is 1. The SMILES string of the molecule is C=CCN(CC=C)C(=O)[C@@H]1CCCN(c2cccc3c2C(=O)N(CC(C)(C)OC)C3=O)C1. The van der Waals surface area contributed by atoms with Gasteiger partial charge in [-0.1, -0.05) is 18.2 Å². The first-order valence-electron chi connectivity index (χ1n) is 11.0. The molecule has 0 aromatic heterocycles. The fraction of sp³-hybridized carbons (Fsp3) is 0.480. The number of nitrogens with zero attached hydrogens (tertiary/aromatic N) is 3. The lowest BCUT2D eigenvalue weighted by Gasteiger charge is -2.36. The smallest absolute Gasteiger partial charge is 0.263 e. The number of methoxy groups -OCH3 is 1. The Morgan fingerprint density at radius 3 is 2.53 bits per heavy atom. The Bertz CT molecular complexity index is 914. The lowest BCUT2D eigenvalue weighted by atomic mass is 9.94. The molecule has 0 spiro atoms. The first-order chi connectivity index (χ1) is 15.2. The number of piperidine rings is 1. The number of ether oxygens (including phenoxy) is 1. The van der Waals surface area contributed by atoms with Gasteiger partial charge in [0.1, 0.15) is 0 Å². The number of hydrogen-bond donors (Lipinski definition) is 0. The van der Waals surface area contributed by atoms with E-state index in [0.29, 0.717) is 30.8 Å². The Balaban J connectivity index is 1.86. The number of hydrogen-bond acceptors (Lipinski definition) is 5. The molecule has 1 atom stereocenters. The predicted molar refractivity (Wildman–Crippen MR) is 125 cm³/mol. The standard InChI is InChI=1S/C25H33N3O4/c1-6-13-26(14-7-2)22(29)18-10-9-15-27(16-18)20-12-8-11-19-21(20)24(31)28(23(19)30)17-25(3,4)32-5/h6-8,11-12,18H,1-2,9-10,13-17H2,3-5H3/t18-/m1/s1. The molecule has 1 fully saturated rings. The van der Waals surface area contributed by atoms with E-state index >= 15 is 0 Å². The zero-order chi connectivity index (χ0) is 23.5. The minimum Gasteiger partial charge on any atom is -0.377 e. The molecular formula is C25H33N3O4. The first-order valence-corrected chi connectivity index (χ1v) is 11.0. The van der Waals surface area contributed by atoms with Crippen LogP contribution in [0.25, 0.3) is 0 Å². The molecule has 2 aliphatic rings. The number of rotatable bonds is 9. The Morgan fingerprint density at radius 1 is 1.22 bits per heavy atom. The highest BCUT2D eigenvalue weighted by Gasteiger charge is 2.41. The van der Waals surface area contributed by atoms with Gasteiger partial charge in [0.25, 0.3) is 11.8 Å². The summed E-state index contributed by atoms with van der Waals surface area (Å²) < 4.78 is 5.43. The van der Waals surface area contributed by atoms with E-state index < -0.39 is 5.60 Å². The van der Waals surface area contributed by atoms with Gasteiger partial charge in [-0.25, -0.2) is 0 Å². The van der Waals surface area contributed by atoms with E-state index in [0.717, 1.165) is 25.1 Å². The minimum atomic E-state index is -0.643. The quantitative estimate of drug-likeness (QED) is 0.437. The van der Waals surface area contributed by atoms with Crippen molar-refractivity contribution in [3.8, 4) is 0 Å². The normalized spacial score (nSPS) is 18.5. The van der Waals surface area contributed by atoms with Crippen LogP contribution in [0.15, 0.2) is 43.5 Å². The molecule has 7 nitrogen and oxygen atoms in total. The maximum absolute atomic E-state index is 13.3. The summed E-state index contributed by atoms with van der Waals surface area (Å²) in [5.74, 6) is -0.730. The molecule has 2 aliphatic heterocycles. The lowest BCUT2D eigenvalue weighted by molar-refractivity contribution is -0.134. The van der Waals surface area contributed by atoms with Gasteiger partial charge >= 0.3 is 0 Å². The van der Waals surface area contributed by atoms with E-state index in [2.05, 4.69) is 18.1 Å². The third kappa shape index (κ3) is 4.63. The van der Waals surface area contributed by atoms with Crippen LogP contribution in [0.5, 0.6) is 0 Å². The van der Waals surface area contributed by atoms with Crippen molar-refractivity contribution >= 4 is 23.4 Å². The first kappa shape index (κ1) is 23.7. The van der Waals surface area contributed by atoms with Crippen molar-refractivity contribution in [2.75, 3.05) is 44.7 Å². The summed E-state index contributed by atoms with van der Waals surface area (Å²) >= 11 is 0. The number of carbonyl (C=O) groups excluding carboxylic acids is 3. The largest absolute Gasteiger partial charge is 0.377 e. The van der Waals surface area contributed by atoms with Crippen LogP contribution in [0.3, 0.4) is 0 Å². The number of imide groups is 1. The average molecular weight is 440 g/mol. The summed E-state index contributed by atoms with van der Waals surface area (Å²) in [5, 5.41) is 0. The molecular weight excluding hydrogens is 406 g/mol. The maximum Gasteiger partial charge on any atom is 0.263 e. The van der Waals surface area contributed by atoms with Crippen LogP contribution in [0.2, 0.25) is 0 Å². The zero-order valence-corrected chi connectivity index (χ0v) is 19.3. The fourth-order valence-electron chi connectivity index (χ4n) is 4.39. The van der Waals surface area contributed by atoms with Crippen molar-refractivity contribution in [1.29, 1.82) is 0 Å². The Morgan fingerprint density at radius 2 is 1.91 bits per heavy atom. The van der Waals surface area contributed by atoms with Gasteiger partial charge in [-0.05, 0) is 38.8 Å². The van der Waals surface area contributed by atoms with Crippen LogP contribution in [0, 0.1) is 5.92 Å². The summed E-state index contributed by atoms with van der Waals surface area (Å²) in [4.78, 5) is 44.5. The van der Waals surface area contributed by atoms with E-state index in [1.54, 1.807) is 36.3 Å². The molecule has 0 saturated carbocycles. The molecule has 32 heavy (non-hydrogen) atoms. The molecule has 1 aromatic rings. The number of fused-ring (bicyclic) bond motifs is 1. The van der Waals surface area contributed by atoms with Gasteiger partial charge in [0.15, 0.2) is 0 Å². The maximum atomic E-state index is 13.3. The fourth-order valence-corrected chi connectivity index (χ4v) is 4.39. The van der Waals surface area contributed by atoms with Crippen molar-refractivity contribution in [2.24, 2.45) is 5.92 Å². The lowest BCUT2D eigenvalue weighted by Crippen LogP contribution is -2.45. The van der Waals surface area contributed by atoms with Crippen molar-refractivity contribution in [3.05, 3.63) is 54.6 Å². The van der Waals surface area contributed by atoms with Gasteiger partial charge in [0, 0.05) is 33.3 Å². The number of anilines is 1. The highest BCUT2D eigenvalue weighted by atomic mass is 16.5. The molecule has 7 heteroatoms. The van der Waals surface area contributed by atoms with Gasteiger partial charge in [0.05, 0.1) is 34.9 Å². The molecule has 3 amide bonds. The van der Waals surface area contributed by atoms with Gasteiger partial charge in [0.2, 0.25) is 5.91 Å². The van der Waals surface area contributed by atoms with Crippen LogP contribution < -0.4 is 4.90 Å². The summed E-state index contributed by atoms with van der Waals surface area (Å²) in [6.45, 7) is 13.5. The second-order valence-electron chi connectivity index (χ2n) is 8.97. The van der Waals surface area contributed by atoms with Crippen LogP contribution in [0.1, 0.15) is 47.4 Å². The van der Waals surface area contributed by atoms with E-state index in [9.17, 15) is 14.4 Å². The van der Waals surface area contributed by atoms with Crippen LogP contribution >= 0.6 is 0 Å². The molecule has 0 unspecified atom stereocenters. The summed E-state index contributed by atoms with van der Waals surface area (Å²) in [5.41, 5.74) is 0.907. The van der Waals surface area contributed by atoms with Crippen molar-refractivity contribution < 1.29 is 19.1 Å². The highest BCUT2D eigenvalue weighted by Crippen LogP contribution is 2.35. The zero-order valence-electron chi connectivity index (χ0n) is 19.3. The molecule has 0 radical (unpaired) electrons. The van der Waals surface area contributed by atoms with Crippen LogP contribution in [-0.4, -0.2) is 73.0 Å². The molecule has 0 aliphatic carbocycles. The minimum absolute atomic E-state index is 0.0629. The Labute approximate surface area is 190 Å². The summed E-state index contributed by atoms with van der Waals surface area (Å²) in [6, 6.07) is 5.37. The topological polar surface area (TPSA) is 70.2 Å². The molecule has 0 N–H and O–H groups in total. The molecule has 3 rings (SSSR count). The van der Waals surface area contributed by atoms with Gasteiger partial charge in [-0.15, -0.1) is 13.2 Å². The molecule has 2 heterocycles. The monoisotopic (exact) mass is 439 g/mol. The molecule has 1 saturated heterocycles. The van der Waals surface area contributed by atoms with Gasteiger partial charge in [-0.2, -0.15) is 0 Å². The summed E-state index contributed by atoms with van der Waals surface area (Å²) in [7, 11) is 1.57. The van der Waals surface area contributed by atoms with E-state index in [4.69, 9.17) is 4.74 Å². The van der Waals surface area contributed by atoms with Crippen molar-refractivity contribution in [2.45, 2.75) is 32.3 Å². The Kier molecular flexibility index (Phi) is 7.19. The third-order valence-corrected chi connectivity index (χ3v) is 6.19. The van der Waals surface area contributed by atoms with Gasteiger partial charge in [-0.3, -0.25) is 19.3 Å². The molecule has 1 aromatic carbocycles. The van der Waals surface area contributed by atoms with Gasteiger partial charge < -0.3 is 14.5 Å². The average Bonchev–Trinajstić information content (AvgIpc) is 3.03. The summed E-state index contributed by atoms with van der Waals surface area (Å²) in [6.07, 6.45) is 5.05. The van der Waals surface area contributed by atoms with E-state index in [1.165, 1.54) is 4.90 Å². The van der Waals surface area contributed by atoms with Crippen LogP contribution in [0.4, 0.5) is 5.69 Å². The van der Waals surface area contributed by atoms with Crippen molar-refractivity contribution in [1.82, 2.24) is 9.80 Å². The van der Waals surface area contributed by atoms with Crippen LogP contribution in [-0.2, 0) is 9.53 Å². The molecule has 0 bridgehead atoms. The highest BCUT2D eigenvalue weighted by molar-refractivity contribution is 6.23. The van der Waals surface area contributed by atoms with Crippen molar-refractivity contribution in [3.63, 3.8) is 0 Å². The van der Waals surface area contributed by atoms with E-state index in [1.807, 2.05) is 19.9 Å². The second kappa shape index (κ2) is 9.69. The third-order valence-electron chi connectivity index (χ3n) is 6.19. The second-order valence-corrected chi connectivity index (χ2v) is 8.97. The van der Waals surface area contributed by atoms with E-state index in [-0.39, 0.29) is 30.2 Å². The Hall–Kier alpha value is -2.93. The predicted octanol–water partition coefficient (Wildman–Crippen LogP) is 3.12. The number of carbonyl (C=O) groups is 3.